The van der Waals surface area contributed by atoms with Gasteiger partial charge in [0.2, 0.25) is 0 Å². The summed E-state index contributed by atoms with van der Waals surface area (Å²) in [5.41, 5.74) is 6.59. The van der Waals surface area contributed by atoms with Crippen molar-refractivity contribution in [3.63, 3.8) is 0 Å². The Morgan fingerprint density at radius 2 is 1.95 bits per heavy atom. The van der Waals surface area contributed by atoms with Crippen molar-refractivity contribution in [3.8, 4) is 11.5 Å². The van der Waals surface area contributed by atoms with E-state index in [4.69, 9.17) is 10.5 Å². The van der Waals surface area contributed by atoms with Gasteiger partial charge >= 0.3 is 0 Å². The minimum Gasteiger partial charge on any atom is -0.455 e. The van der Waals surface area contributed by atoms with Crippen molar-refractivity contribution in [3.05, 3.63) is 64.8 Å². The average molecular weight is 343 g/mol. The van der Waals surface area contributed by atoms with E-state index in [0.29, 0.717) is 21.5 Å². The molecule has 21 heavy (non-hydrogen) atoms. The minimum absolute atomic E-state index is 0.311. The Bertz CT molecular complexity index is 833. The summed E-state index contributed by atoms with van der Waals surface area (Å²) < 4.78 is 6.36. The van der Waals surface area contributed by atoms with Gasteiger partial charge in [0.25, 0.3) is 5.91 Å². The average Bonchev–Trinajstić information content (AvgIpc) is 2.47. The predicted octanol–water partition coefficient (Wildman–Crippen LogP) is 3.89. The molecule has 0 radical (unpaired) electrons. The van der Waals surface area contributed by atoms with E-state index < -0.39 is 5.91 Å². The summed E-state index contributed by atoms with van der Waals surface area (Å²) >= 11 is 3.30. The second kappa shape index (κ2) is 5.54. The van der Waals surface area contributed by atoms with Crippen molar-refractivity contribution >= 4 is 32.7 Å². The molecule has 0 saturated heterocycles. The highest BCUT2D eigenvalue weighted by Gasteiger charge is 2.14. The number of halogens is 1. The minimum atomic E-state index is -0.550. The van der Waals surface area contributed by atoms with Gasteiger partial charge in [0.15, 0.2) is 0 Å². The molecular weight excluding hydrogens is 332 g/mol. The molecule has 0 aliphatic heterocycles. The highest BCUT2D eigenvalue weighted by atomic mass is 79.9. The molecule has 4 nitrogen and oxygen atoms in total. The Balaban J connectivity index is 2.02. The second-order valence-electron chi connectivity index (χ2n) is 4.44. The summed E-state index contributed by atoms with van der Waals surface area (Å²) in [5.74, 6) is 0.398. The fourth-order valence-electron chi connectivity index (χ4n) is 2.06. The molecule has 104 valence electrons. The number of fused-ring (bicyclic) bond motifs is 1. The fourth-order valence-corrected chi connectivity index (χ4v) is 2.61. The zero-order chi connectivity index (χ0) is 14.8. The zero-order valence-corrected chi connectivity index (χ0v) is 12.5. The van der Waals surface area contributed by atoms with Crippen LogP contribution in [0.4, 0.5) is 0 Å². The fraction of sp³-hybridized carbons (Fsp3) is 0. The normalized spacial score (nSPS) is 10.5. The highest BCUT2D eigenvalue weighted by Crippen LogP contribution is 2.31. The van der Waals surface area contributed by atoms with Crippen LogP contribution < -0.4 is 10.5 Å². The van der Waals surface area contributed by atoms with Gasteiger partial charge in [0.05, 0.1) is 17.3 Å². The van der Waals surface area contributed by atoms with Crippen molar-refractivity contribution in [1.82, 2.24) is 4.98 Å². The summed E-state index contributed by atoms with van der Waals surface area (Å²) in [6.07, 6.45) is 1.62. The van der Waals surface area contributed by atoms with Gasteiger partial charge in [0.1, 0.15) is 11.5 Å². The van der Waals surface area contributed by atoms with E-state index in [-0.39, 0.29) is 0 Å². The van der Waals surface area contributed by atoms with Crippen molar-refractivity contribution < 1.29 is 9.53 Å². The Hall–Kier alpha value is -2.40. The first-order chi connectivity index (χ1) is 10.1. The molecule has 0 fully saturated rings. The number of amides is 1. The SMILES string of the molecule is NC(=O)c1c(Br)cccc1Oc1cnc2ccccc2c1. The lowest BCUT2D eigenvalue weighted by Crippen LogP contribution is -2.13. The van der Waals surface area contributed by atoms with Crippen LogP contribution in [0.15, 0.2) is 59.2 Å². The standard InChI is InChI=1S/C16H11BrN2O2/c17-12-5-3-7-14(15(12)16(18)20)21-11-8-10-4-1-2-6-13(10)19-9-11/h1-9H,(H2,18,20). The number of benzene rings is 2. The number of carbonyl (C=O) groups is 1. The molecule has 0 atom stereocenters. The van der Waals surface area contributed by atoms with Crippen LogP contribution in [0.1, 0.15) is 10.4 Å². The van der Waals surface area contributed by atoms with Crippen LogP contribution in [0.25, 0.3) is 10.9 Å². The first kappa shape index (κ1) is 13.6. The Labute approximate surface area is 129 Å². The number of hydrogen-bond donors (Lipinski definition) is 1. The number of nitrogens with two attached hydrogens (primary N) is 1. The molecule has 0 aliphatic carbocycles. The van der Waals surface area contributed by atoms with E-state index >= 15 is 0 Å². The molecule has 2 aromatic carbocycles. The number of pyridine rings is 1. The molecule has 0 saturated carbocycles. The van der Waals surface area contributed by atoms with Crippen molar-refractivity contribution in [2.75, 3.05) is 0 Å². The number of hydrogen-bond acceptors (Lipinski definition) is 3. The number of ether oxygens (including phenoxy) is 1. The molecule has 5 heteroatoms. The lowest BCUT2D eigenvalue weighted by Gasteiger charge is -2.10. The van der Waals surface area contributed by atoms with E-state index in [1.165, 1.54) is 0 Å². The maximum Gasteiger partial charge on any atom is 0.253 e. The molecule has 2 N–H and O–H groups in total. The van der Waals surface area contributed by atoms with Crippen LogP contribution in [-0.2, 0) is 0 Å². The molecule has 0 spiro atoms. The number of aromatic nitrogens is 1. The Kier molecular flexibility index (Phi) is 3.58. The summed E-state index contributed by atoms with van der Waals surface area (Å²) in [7, 11) is 0. The van der Waals surface area contributed by atoms with Crippen LogP contribution in [-0.4, -0.2) is 10.9 Å². The van der Waals surface area contributed by atoms with Crippen molar-refractivity contribution in [2.24, 2.45) is 5.73 Å². The van der Waals surface area contributed by atoms with Gasteiger partial charge < -0.3 is 10.5 Å². The van der Waals surface area contributed by atoms with E-state index in [1.54, 1.807) is 24.4 Å². The van der Waals surface area contributed by atoms with Crippen LogP contribution in [0.2, 0.25) is 0 Å². The predicted molar refractivity (Wildman–Crippen MR) is 84.5 cm³/mol. The Morgan fingerprint density at radius 3 is 2.76 bits per heavy atom. The summed E-state index contributed by atoms with van der Waals surface area (Å²) in [6.45, 7) is 0. The van der Waals surface area contributed by atoms with Crippen LogP contribution in [0, 0.1) is 0 Å². The molecule has 0 unspecified atom stereocenters. The van der Waals surface area contributed by atoms with E-state index in [2.05, 4.69) is 20.9 Å². The van der Waals surface area contributed by atoms with E-state index in [9.17, 15) is 4.79 Å². The highest BCUT2D eigenvalue weighted by molar-refractivity contribution is 9.10. The largest absolute Gasteiger partial charge is 0.455 e. The third-order valence-corrected chi connectivity index (χ3v) is 3.68. The quantitative estimate of drug-likeness (QED) is 0.785. The molecule has 0 bridgehead atoms. The first-order valence-corrected chi connectivity index (χ1v) is 7.05. The van der Waals surface area contributed by atoms with Gasteiger partial charge in [-0.3, -0.25) is 9.78 Å². The van der Waals surface area contributed by atoms with Gasteiger partial charge in [-0.1, -0.05) is 24.3 Å². The maximum atomic E-state index is 11.5. The molecular formula is C16H11BrN2O2. The van der Waals surface area contributed by atoms with Crippen LogP contribution >= 0.6 is 15.9 Å². The molecule has 1 amide bonds. The van der Waals surface area contributed by atoms with Gasteiger partial charge in [-0.15, -0.1) is 0 Å². The first-order valence-electron chi connectivity index (χ1n) is 6.26. The summed E-state index contributed by atoms with van der Waals surface area (Å²) in [6, 6.07) is 14.8. The molecule has 3 aromatic rings. The lowest BCUT2D eigenvalue weighted by molar-refractivity contribution is 0.0997. The monoisotopic (exact) mass is 342 g/mol. The molecule has 1 heterocycles. The summed E-state index contributed by atoms with van der Waals surface area (Å²) in [5, 5.41) is 0.964. The van der Waals surface area contributed by atoms with Crippen LogP contribution in [0.5, 0.6) is 11.5 Å². The Morgan fingerprint density at radius 1 is 1.14 bits per heavy atom. The van der Waals surface area contributed by atoms with Crippen molar-refractivity contribution in [1.29, 1.82) is 0 Å². The van der Waals surface area contributed by atoms with Crippen LogP contribution in [0.3, 0.4) is 0 Å². The second-order valence-corrected chi connectivity index (χ2v) is 5.30. The molecule has 3 rings (SSSR count). The molecule has 0 aliphatic rings. The van der Waals surface area contributed by atoms with E-state index in [1.807, 2.05) is 30.3 Å². The van der Waals surface area contributed by atoms with Gasteiger partial charge in [-0.05, 0) is 40.2 Å². The number of para-hydroxylation sites is 1. The smallest absolute Gasteiger partial charge is 0.253 e. The topological polar surface area (TPSA) is 65.2 Å². The third-order valence-electron chi connectivity index (χ3n) is 3.01. The van der Waals surface area contributed by atoms with Gasteiger partial charge in [0, 0.05) is 9.86 Å². The molecule has 1 aromatic heterocycles. The number of primary amides is 1. The number of nitrogens with zero attached hydrogens (tertiary/aromatic N) is 1. The number of carbonyl (C=O) groups excluding carboxylic acids is 1. The maximum absolute atomic E-state index is 11.5. The third kappa shape index (κ3) is 2.73. The van der Waals surface area contributed by atoms with Gasteiger partial charge in [-0.2, -0.15) is 0 Å². The van der Waals surface area contributed by atoms with Crippen molar-refractivity contribution in [2.45, 2.75) is 0 Å². The van der Waals surface area contributed by atoms with Gasteiger partial charge in [-0.25, -0.2) is 0 Å². The van der Waals surface area contributed by atoms with E-state index in [0.717, 1.165) is 10.9 Å². The summed E-state index contributed by atoms with van der Waals surface area (Å²) in [4.78, 5) is 15.9. The zero-order valence-electron chi connectivity index (χ0n) is 10.9. The number of rotatable bonds is 3. The lowest BCUT2D eigenvalue weighted by atomic mass is 10.2.